The third-order valence-corrected chi connectivity index (χ3v) is 4.71. The van der Waals surface area contributed by atoms with E-state index in [1.165, 1.54) is 5.56 Å². The van der Waals surface area contributed by atoms with Crippen LogP contribution < -0.4 is 5.48 Å². The summed E-state index contributed by atoms with van der Waals surface area (Å²) >= 11 is 0. The van der Waals surface area contributed by atoms with Crippen molar-refractivity contribution in [3.05, 3.63) is 35.9 Å². The van der Waals surface area contributed by atoms with Crippen LogP contribution in [0.25, 0.3) is 0 Å². The summed E-state index contributed by atoms with van der Waals surface area (Å²) in [6.07, 6.45) is 6.82. The highest BCUT2D eigenvalue weighted by Gasteiger charge is 2.28. The van der Waals surface area contributed by atoms with Crippen molar-refractivity contribution in [1.29, 1.82) is 0 Å². The van der Waals surface area contributed by atoms with Crippen LogP contribution >= 0.6 is 0 Å². The molecule has 0 saturated carbocycles. The first-order chi connectivity index (χ1) is 12.2. The van der Waals surface area contributed by atoms with Gasteiger partial charge in [0.2, 0.25) is 0 Å². The van der Waals surface area contributed by atoms with Gasteiger partial charge in [-0.3, -0.25) is 9.63 Å². The summed E-state index contributed by atoms with van der Waals surface area (Å²) in [5, 5.41) is 9.68. The Hall–Kier alpha value is -1.43. The van der Waals surface area contributed by atoms with Crippen LogP contribution in [0.3, 0.4) is 0 Å². The zero-order valence-corrected chi connectivity index (χ0v) is 15.2. The molecule has 2 N–H and O–H groups in total. The van der Waals surface area contributed by atoms with Gasteiger partial charge in [0.1, 0.15) is 0 Å². The molecule has 1 aliphatic heterocycles. The summed E-state index contributed by atoms with van der Waals surface area (Å²) in [6, 6.07) is 10.0. The maximum atomic E-state index is 11.8. The fourth-order valence-electron chi connectivity index (χ4n) is 3.29. The Morgan fingerprint density at radius 1 is 1.32 bits per heavy atom. The van der Waals surface area contributed by atoms with Gasteiger partial charge in [-0.15, -0.1) is 0 Å². The van der Waals surface area contributed by atoms with E-state index in [0.29, 0.717) is 13.0 Å². The summed E-state index contributed by atoms with van der Waals surface area (Å²) in [5.41, 5.74) is 4.26. The number of ether oxygens (including phenoxy) is 1. The first-order valence-electron chi connectivity index (χ1n) is 9.50. The van der Waals surface area contributed by atoms with Gasteiger partial charge >= 0.3 is 5.97 Å². The van der Waals surface area contributed by atoms with Gasteiger partial charge in [0.25, 0.3) is 0 Å². The number of carbonyl (C=O) groups is 1. The number of aliphatic carboxylic acids is 1. The van der Waals surface area contributed by atoms with Crippen molar-refractivity contribution in [1.82, 2.24) is 5.48 Å². The lowest BCUT2D eigenvalue weighted by Crippen LogP contribution is -2.43. The molecule has 1 fully saturated rings. The molecule has 1 aromatic rings. The number of carboxylic acid groups (broad SMARTS) is 1. The van der Waals surface area contributed by atoms with Crippen molar-refractivity contribution in [2.45, 2.75) is 70.6 Å². The number of carboxylic acids is 1. The number of hydroxylamine groups is 1. The van der Waals surface area contributed by atoms with Gasteiger partial charge in [0, 0.05) is 19.1 Å². The van der Waals surface area contributed by atoms with Crippen LogP contribution in [-0.4, -0.2) is 30.0 Å². The number of hydrogen-bond acceptors (Lipinski definition) is 4. The Morgan fingerprint density at radius 2 is 2.12 bits per heavy atom. The number of nitrogens with one attached hydrogen (secondary N) is 1. The molecule has 3 unspecified atom stereocenters. The van der Waals surface area contributed by atoms with E-state index < -0.39 is 11.9 Å². The molecule has 0 bridgehead atoms. The van der Waals surface area contributed by atoms with Crippen LogP contribution in [0.2, 0.25) is 0 Å². The van der Waals surface area contributed by atoms with Gasteiger partial charge in [0.05, 0.1) is 5.92 Å². The molecule has 3 atom stereocenters. The van der Waals surface area contributed by atoms with Gasteiger partial charge in [0.15, 0.2) is 6.29 Å². The minimum absolute atomic E-state index is 0.191. The van der Waals surface area contributed by atoms with E-state index in [-0.39, 0.29) is 12.3 Å². The van der Waals surface area contributed by atoms with Crippen LogP contribution in [-0.2, 0) is 20.8 Å². The Bertz CT molecular complexity index is 488. The predicted octanol–water partition coefficient (Wildman–Crippen LogP) is 3.93. The fraction of sp³-hybridized carbons (Fsp3) is 0.650. The first-order valence-corrected chi connectivity index (χ1v) is 9.50. The Labute approximate surface area is 150 Å². The highest BCUT2D eigenvalue weighted by Crippen LogP contribution is 2.20. The summed E-state index contributed by atoms with van der Waals surface area (Å²) < 4.78 is 5.55. The molecule has 0 radical (unpaired) electrons. The molecule has 5 nitrogen and oxygen atoms in total. The van der Waals surface area contributed by atoms with Gasteiger partial charge in [-0.25, -0.2) is 0 Å². The van der Waals surface area contributed by atoms with Crippen LogP contribution in [0.4, 0.5) is 0 Å². The van der Waals surface area contributed by atoms with E-state index in [0.717, 1.165) is 44.9 Å². The second-order valence-corrected chi connectivity index (χ2v) is 6.75. The molecule has 0 aromatic heterocycles. The van der Waals surface area contributed by atoms with Crippen LogP contribution in [0.15, 0.2) is 30.3 Å². The predicted molar refractivity (Wildman–Crippen MR) is 97.0 cm³/mol. The minimum atomic E-state index is -0.757. The number of rotatable bonds is 11. The third kappa shape index (κ3) is 7.14. The van der Waals surface area contributed by atoms with E-state index in [9.17, 15) is 9.90 Å². The summed E-state index contributed by atoms with van der Waals surface area (Å²) in [4.78, 5) is 17.4. The van der Waals surface area contributed by atoms with Crippen molar-refractivity contribution in [3.63, 3.8) is 0 Å². The van der Waals surface area contributed by atoms with E-state index in [4.69, 9.17) is 9.57 Å². The van der Waals surface area contributed by atoms with Crippen molar-refractivity contribution in [3.8, 4) is 0 Å². The minimum Gasteiger partial charge on any atom is -0.481 e. The molecule has 0 spiro atoms. The van der Waals surface area contributed by atoms with Crippen molar-refractivity contribution < 1.29 is 19.5 Å². The van der Waals surface area contributed by atoms with E-state index in [2.05, 4.69) is 24.5 Å². The highest BCUT2D eigenvalue weighted by atomic mass is 16.8. The van der Waals surface area contributed by atoms with Gasteiger partial charge in [-0.2, -0.15) is 5.48 Å². The Balaban J connectivity index is 1.84. The second kappa shape index (κ2) is 11.2. The topological polar surface area (TPSA) is 67.8 Å². The number of aryl methyl sites for hydroxylation is 1. The van der Waals surface area contributed by atoms with Crippen molar-refractivity contribution in [2.75, 3.05) is 6.61 Å². The first kappa shape index (κ1) is 19.9. The lowest BCUT2D eigenvalue weighted by Gasteiger charge is -2.28. The molecular formula is C20H31NO4. The molecule has 140 valence electrons. The lowest BCUT2D eigenvalue weighted by molar-refractivity contribution is -0.208. The molecule has 2 rings (SSSR count). The largest absolute Gasteiger partial charge is 0.481 e. The Kier molecular flexibility index (Phi) is 8.94. The van der Waals surface area contributed by atoms with Crippen LogP contribution in [0, 0.1) is 5.92 Å². The fourth-order valence-corrected chi connectivity index (χ4v) is 3.29. The molecule has 5 heteroatoms. The molecule has 1 heterocycles. The zero-order chi connectivity index (χ0) is 17.9. The average Bonchev–Trinajstić information content (AvgIpc) is 2.64. The SMILES string of the molecule is CCCC(NOC1CCCCO1)C(CCCc1ccccc1)C(=O)O. The maximum absolute atomic E-state index is 11.8. The van der Waals surface area contributed by atoms with Crippen molar-refractivity contribution in [2.24, 2.45) is 5.92 Å². The monoisotopic (exact) mass is 349 g/mol. The lowest BCUT2D eigenvalue weighted by atomic mass is 9.90. The molecular weight excluding hydrogens is 318 g/mol. The van der Waals surface area contributed by atoms with Crippen LogP contribution in [0.1, 0.15) is 57.4 Å². The van der Waals surface area contributed by atoms with E-state index in [1.54, 1.807) is 0 Å². The molecule has 25 heavy (non-hydrogen) atoms. The quantitative estimate of drug-likeness (QED) is 0.593. The zero-order valence-electron chi connectivity index (χ0n) is 15.2. The van der Waals surface area contributed by atoms with E-state index >= 15 is 0 Å². The molecule has 1 aliphatic rings. The van der Waals surface area contributed by atoms with Gasteiger partial charge in [-0.05, 0) is 44.1 Å². The van der Waals surface area contributed by atoms with Crippen LogP contribution in [0.5, 0.6) is 0 Å². The highest BCUT2D eigenvalue weighted by molar-refractivity contribution is 5.70. The summed E-state index contributed by atoms with van der Waals surface area (Å²) in [7, 11) is 0. The second-order valence-electron chi connectivity index (χ2n) is 6.75. The third-order valence-electron chi connectivity index (χ3n) is 4.71. The number of benzene rings is 1. The maximum Gasteiger partial charge on any atom is 0.308 e. The number of hydrogen-bond donors (Lipinski definition) is 2. The molecule has 0 aliphatic carbocycles. The smallest absolute Gasteiger partial charge is 0.308 e. The summed E-state index contributed by atoms with van der Waals surface area (Å²) in [5.74, 6) is -1.21. The van der Waals surface area contributed by atoms with Gasteiger partial charge in [-0.1, -0.05) is 43.7 Å². The van der Waals surface area contributed by atoms with Gasteiger partial charge < -0.3 is 9.84 Å². The Morgan fingerprint density at radius 3 is 2.76 bits per heavy atom. The summed E-state index contributed by atoms with van der Waals surface area (Å²) in [6.45, 7) is 2.78. The standard InChI is InChI=1S/C20H31NO4/c1-2-9-18(21-25-19-14-6-7-15-24-19)17(20(22)23)13-8-12-16-10-4-3-5-11-16/h3-5,10-11,17-19,21H,2,6-9,12-15H2,1H3,(H,22,23). The van der Waals surface area contributed by atoms with Crippen molar-refractivity contribution >= 4 is 5.97 Å². The average molecular weight is 349 g/mol. The molecule has 0 amide bonds. The normalized spacial score (nSPS) is 20.1. The molecule has 1 saturated heterocycles. The van der Waals surface area contributed by atoms with E-state index in [1.807, 2.05) is 18.2 Å². The molecule has 1 aromatic carbocycles.